The van der Waals surface area contributed by atoms with Crippen LogP contribution in [0.1, 0.15) is 28.9 Å². The molecule has 1 aliphatic heterocycles. The molecule has 1 amide bonds. The minimum absolute atomic E-state index is 0.192. The van der Waals surface area contributed by atoms with Gasteiger partial charge in [0.25, 0.3) is 11.7 Å². The van der Waals surface area contributed by atoms with E-state index in [1.807, 2.05) is 0 Å². The van der Waals surface area contributed by atoms with Crippen molar-refractivity contribution in [3.05, 3.63) is 53.3 Å². The molecule has 0 radical (unpaired) electrons. The fraction of sp³-hybridized carbons (Fsp3) is 0.125. The lowest BCUT2D eigenvalue weighted by molar-refractivity contribution is -0.112. The van der Waals surface area contributed by atoms with Crippen LogP contribution in [0.4, 0.5) is 10.1 Å². The summed E-state index contributed by atoms with van der Waals surface area (Å²) in [5.41, 5.74) is 2.24. The molecule has 0 bridgehead atoms. The van der Waals surface area contributed by atoms with Crippen molar-refractivity contribution in [3.8, 4) is 11.1 Å². The first-order chi connectivity index (χ1) is 9.99. The van der Waals surface area contributed by atoms with Crippen molar-refractivity contribution in [2.45, 2.75) is 13.0 Å². The van der Waals surface area contributed by atoms with Crippen LogP contribution in [0.5, 0.6) is 0 Å². The predicted molar refractivity (Wildman–Crippen MR) is 75.4 cm³/mol. The van der Waals surface area contributed by atoms with Crippen LogP contribution in [-0.4, -0.2) is 16.8 Å². The molecule has 0 aliphatic carbocycles. The summed E-state index contributed by atoms with van der Waals surface area (Å²) in [5, 5.41) is 12.5. The second kappa shape index (κ2) is 4.79. The zero-order chi connectivity index (χ0) is 15.1. The maximum atomic E-state index is 13.0. The van der Waals surface area contributed by atoms with Crippen LogP contribution < -0.4 is 5.32 Å². The number of hydrogen-bond donors (Lipinski definition) is 2. The Labute approximate surface area is 120 Å². The van der Waals surface area contributed by atoms with Gasteiger partial charge < -0.3 is 10.4 Å². The first-order valence-electron chi connectivity index (χ1n) is 6.45. The van der Waals surface area contributed by atoms with Gasteiger partial charge >= 0.3 is 0 Å². The molecule has 0 aromatic heterocycles. The average Bonchev–Trinajstić information content (AvgIpc) is 2.74. The molecule has 1 unspecified atom stereocenters. The molecule has 0 spiro atoms. The van der Waals surface area contributed by atoms with Gasteiger partial charge in [0.1, 0.15) is 5.82 Å². The van der Waals surface area contributed by atoms with E-state index in [0.717, 1.165) is 0 Å². The van der Waals surface area contributed by atoms with E-state index >= 15 is 0 Å². The van der Waals surface area contributed by atoms with E-state index in [-0.39, 0.29) is 11.4 Å². The quantitative estimate of drug-likeness (QED) is 0.834. The summed E-state index contributed by atoms with van der Waals surface area (Å²) in [4.78, 5) is 23.5. The number of aliphatic hydroxyl groups excluding tert-OH is 1. The van der Waals surface area contributed by atoms with Crippen LogP contribution in [0.3, 0.4) is 0 Å². The number of aliphatic hydroxyl groups is 1. The maximum absolute atomic E-state index is 13.0. The highest BCUT2D eigenvalue weighted by Crippen LogP contribution is 2.37. The Morgan fingerprint density at radius 3 is 2.38 bits per heavy atom. The number of hydrogen-bond acceptors (Lipinski definition) is 3. The van der Waals surface area contributed by atoms with Gasteiger partial charge in [0, 0.05) is 5.56 Å². The zero-order valence-corrected chi connectivity index (χ0v) is 11.2. The third kappa shape index (κ3) is 2.11. The molecule has 0 saturated carbocycles. The monoisotopic (exact) mass is 285 g/mol. The zero-order valence-electron chi connectivity index (χ0n) is 11.2. The summed E-state index contributed by atoms with van der Waals surface area (Å²) in [6.07, 6.45) is -0.934. The maximum Gasteiger partial charge on any atom is 0.296 e. The number of benzene rings is 2. The number of nitrogens with one attached hydrogen (secondary N) is 1. The summed E-state index contributed by atoms with van der Waals surface area (Å²) in [6, 6.07) is 9.06. The van der Waals surface area contributed by atoms with Crippen molar-refractivity contribution in [3.63, 3.8) is 0 Å². The summed E-state index contributed by atoms with van der Waals surface area (Å²) in [6.45, 7) is 1.53. The van der Waals surface area contributed by atoms with Crippen LogP contribution in [0.2, 0.25) is 0 Å². The van der Waals surface area contributed by atoms with Crippen molar-refractivity contribution >= 4 is 17.4 Å². The van der Waals surface area contributed by atoms with E-state index in [1.54, 1.807) is 24.3 Å². The van der Waals surface area contributed by atoms with Crippen molar-refractivity contribution in [2.75, 3.05) is 5.32 Å². The lowest BCUT2D eigenvalue weighted by atomic mass is 9.90. The fourth-order valence-electron chi connectivity index (χ4n) is 2.58. The van der Waals surface area contributed by atoms with E-state index < -0.39 is 17.8 Å². The van der Waals surface area contributed by atoms with Crippen LogP contribution in [0, 0.1) is 5.82 Å². The Bertz CT molecular complexity index is 751. The molecule has 0 saturated heterocycles. The minimum atomic E-state index is -0.934. The summed E-state index contributed by atoms with van der Waals surface area (Å²) < 4.78 is 13.0. The number of fused-ring (bicyclic) bond motifs is 1. The van der Waals surface area contributed by atoms with Crippen molar-refractivity contribution < 1.29 is 19.1 Å². The Kier molecular flexibility index (Phi) is 3.07. The third-order valence-electron chi connectivity index (χ3n) is 3.50. The van der Waals surface area contributed by atoms with Gasteiger partial charge in [-0.3, -0.25) is 9.59 Å². The average molecular weight is 285 g/mol. The topological polar surface area (TPSA) is 66.4 Å². The number of Topliss-reactive ketones (excluding diaryl/α,β-unsaturated/α-hetero) is 1. The Morgan fingerprint density at radius 1 is 1.10 bits per heavy atom. The standard InChI is InChI=1S/C16H12FNO3/c1-8(19)13-11(9-2-4-10(17)5-3-9)6-7-12-14(13)15(20)16(21)18-12/h2-8,19H,1H3,(H,18,20,21). The molecule has 106 valence electrons. The summed E-state index contributed by atoms with van der Waals surface area (Å²) in [7, 11) is 0. The van der Waals surface area contributed by atoms with Crippen LogP contribution in [-0.2, 0) is 4.79 Å². The molecule has 2 aromatic rings. The number of carbonyl (C=O) groups excluding carboxylic acids is 2. The minimum Gasteiger partial charge on any atom is -0.389 e. The molecule has 0 fully saturated rings. The summed E-state index contributed by atoms with van der Waals surface area (Å²) >= 11 is 0. The SMILES string of the molecule is CC(O)c1c(-c2ccc(F)cc2)ccc2c1C(=O)C(=O)N2. The number of carbonyl (C=O) groups is 2. The number of rotatable bonds is 2. The molecular weight excluding hydrogens is 273 g/mol. The van der Waals surface area contributed by atoms with E-state index in [9.17, 15) is 19.1 Å². The molecule has 4 nitrogen and oxygen atoms in total. The van der Waals surface area contributed by atoms with Gasteiger partial charge in [-0.1, -0.05) is 18.2 Å². The molecule has 3 rings (SSSR count). The normalized spacial score (nSPS) is 14.8. The van der Waals surface area contributed by atoms with Crippen molar-refractivity contribution in [1.29, 1.82) is 0 Å². The first kappa shape index (κ1) is 13.5. The van der Waals surface area contributed by atoms with Crippen molar-refractivity contribution in [2.24, 2.45) is 0 Å². The molecule has 21 heavy (non-hydrogen) atoms. The summed E-state index contributed by atoms with van der Waals surface area (Å²) in [5.74, 6) is -1.74. The molecular formula is C16H12FNO3. The van der Waals surface area contributed by atoms with Crippen LogP contribution in [0.25, 0.3) is 11.1 Å². The first-order valence-corrected chi connectivity index (χ1v) is 6.45. The lowest BCUT2D eigenvalue weighted by Crippen LogP contribution is -2.14. The largest absolute Gasteiger partial charge is 0.389 e. The van der Waals surface area contributed by atoms with Crippen LogP contribution >= 0.6 is 0 Å². The lowest BCUT2D eigenvalue weighted by Gasteiger charge is -2.15. The van der Waals surface area contributed by atoms with Gasteiger partial charge in [-0.25, -0.2) is 4.39 Å². The van der Waals surface area contributed by atoms with E-state index in [0.29, 0.717) is 22.4 Å². The van der Waals surface area contributed by atoms with Crippen LogP contribution in [0.15, 0.2) is 36.4 Å². The molecule has 2 N–H and O–H groups in total. The smallest absolute Gasteiger partial charge is 0.296 e. The molecule has 2 aromatic carbocycles. The van der Waals surface area contributed by atoms with E-state index in [4.69, 9.17) is 0 Å². The molecule has 1 heterocycles. The van der Waals surface area contributed by atoms with Gasteiger partial charge in [-0.05, 0) is 36.2 Å². The van der Waals surface area contributed by atoms with Gasteiger partial charge in [0.15, 0.2) is 0 Å². The predicted octanol–water partition coefficient (Wildman–Crippen LogP) is 2.68. The van der Waals surface area contributed by atoms with Gasteiger partial charge in [0.05, 0.1) is 17.4 Å². The molecule has 1 aliphatic rings. The third-order valence-corrected chi connectivity index (χ3v) is 3.50. The number of ketones is 1. The number of halogens is 1. The highest BCUT2D eigenvalue weighted by atomic mass is 19.1. The molecule has 1 atom stereocenters. The van der Waals surface area contributed by atoms with Crippen molar-refractivity contribution in [1.82, 2.24) is 0 Å². The van der Waals surface area contributed by atoms with Gasteiger partial charge in [-0.2, -0.15) is 0 Å². The second-order valence-corrected chi connectivity index (χ2v) is 4.92. The van der Waals surface area contributed by atoms with E-state index in [1.165, 1.54) is 19.1 Å². The Hall–Kier alpha value is -2.53. The highest BCUT2D eigenvalue weighted by Gasteiger charge is 2.33. The molecule has 5 heteroatoms. The van der Waals surface area contributed by atoms with Gasteiger partial charge in [-0.15, -0.1) is 0 Å². The Balaban J connectivity index is 2.26. The number of amides is 1. The second-order valence-electron chi connectivity index (χ2n) is 4.92. The van der Waals surface area contributed by atoms with E-state index in [2.05, 4.69) is 5.32 Å². The highest BCUT2D eigenvalue weighted by molar-refractivity contribution is 6.52. The Morgan fingerprint density at radius 2 is 1.76 bits per heavy atom. The number of anilines is 1. The van der Waals surface area contributed by atoms with Gasteiger partial charge in [0.2, 0.25) is 0 Å². The fourth-order valence-corrected chi connectivity index (χ4v) is 2.58.